The largest absolute Gasteiger partial charge is 0.467 e. The van der Waals surface area contributed by atoms with Gasteiger partial charge in [0.25, 0.3) is 0 Å². The lowest BCUT2D eigenvalue weighted by atomic mass is 10.2. The van der Waals surface area contributed by atoms with E-state index < -0.39 is 12.0 Å². The molecule has 20 heavy (non-hydrogen) atoms. The van der Waals surface area contributed by atoms with Gasteiger partial charge in [0.05, 0.1) is 13.7 Å². The average molecular weight is 339 g/mol. The van der Waals surface area contributed by atoms with Crippen LogP contribution < -0.4 is 5.32 Å². The molecule has 0 aliphatic carbocycles. The Bertz CT molecular complexity index is 651. The molecule has 1 atom stereocenters. The number of nitrogens with zero attached hydrogens (tertiary/aromatic N) is 1. The molecule has 1 unspecified atom stereocenters. The van der Waals surface area contributed by atoms with E-state index in [2.05, 4.69) is 21.2 Å². The number of methoxy groups -OCH3 is 1. The van der Waals surface area contributed by atoms with Gasteiger partial charge in [-0.2, -0.15) is 0 Å². The van der Waals surface area contributed by atoms with Crippen LogP contribution in [0.25, 0.3) is 10.9 Å². The first-order valence-electron chi connectivity index (χ1n) is 6.11. The van der Waals surface area contributed by atoms with Gasteiger partial charge < -0.3 is 14.6 Å². The summed E-state index contributed by atoms with van der Waals surface area (Å²) in [4.78, 5) is 22.9. The van der Waals surface area contributed by atoms with Gasteiger partial charge in [-0.1, -0.05) is 22.0 Å². The predicted octanol–water partition coefficient (Wildman–Crippen LogP) is 2.08. The zero-order chi connectivity index (χ0) is 14.7. The molecule has 0 radical (unpaired) electrons. The zero-order valence-corrected chi connectivity index (χ0v) is 12.8. The van der Waals surface area contributed by atoms with E-state index in [-0.39, 0.29) is 5.91 Å². The first-order chi connectivity index (χ1) is 9.52. The number of aromatic nitrogens is 1. The minimum atomic E-state index is -0.702. The molecule has 106 valence electrons. The van der Waals surface area contributed by atoms with E-state index in [1.807, 2.05) is 35.0 Å². The Kier molecular flexibility index (Phi) is 4.44. The molecule has 5 nitrogen and oxygen atoms in total. The van der Waals surface area contributed by atoms with Crippen LogP contribution in [-0.2, 0) is 20.9 Å². The second-order valence-electron chi connectivity index (χ2n) is 4.42. The predicted molar refractivity (Wildman–Crippen MR) is 79.3 cm³/mol. The fraction of sp³-hybridized carbons (Fsp3) is 0.286. The Labute approximate surface area is 125 Å². The molecule has 0 spiro atoms. The monoisotopic (exact) mass is 338 g/mol. The molecular formula is C14H15BrN2O3. The Balaban J connectivity index is 2.31. The average Bonchev–Trinajstić information content (AvgIpc) is 2.81. The van der Waals surface area contributed by atoms with Gasteiger partial charge in [0.15, 0.2) is 0 Å². The van der Waals surface area contributed by atoms with Crippen molar-refractivity contribution in [2.24, 2.45) is 0 Å². The van der Waals surface area contributed by atoms with Crippen molar-refractivity contribution in [3.63, 3.8) is 0 Å². The number of halogens is 1. The van der Waals surface area contributed by atoms with Crippen molar-refractivity contribution in [2.45, 2.75) is 19.5 Å². The van der Waals surface area contributed by atoms with Crippen LogP contribution in [0.15, 0.2) is 34.9 Å². The molecule has 0 aliphatic rings. The number of carbonyl (C=O) groups is 2. The molecule has 2 aromatic rings. The van der Waals surface area contributed by atoms with E-state index in [0.29, 0.717) is 6.54 Å². The van der Waals surface area contributed by atoms with Crippen molar-refractivity contribution >= 4 is 38.7 Å². The van der Waals surface area contributed by atoms with Gasteiger partial charge in [-0.25, -0.2) is 4.79 Å². The van der Waals surface area contributed by atoms with E-state index in [4.69, 9.17) is 4.74 Å². The summed E-state index contributed by atoms with van der Waals surface area (Å²) in [6, 6.07) is 7.10. The van der Waals surface area contributed by atoms with Crippen molar-refractivity contribution in [1.29, 1.82) is 0 Å². The quantitative estimate of drug-likeness (QED) is 0.868. The van der Waals surface area contributed by atoms with Crippen LogP contribution in [0.3, 0.4) is 0 Å². The fourth-order valence-corrected chi connectivity index (χ4v) is 2.60. The Hall–Kier alpha value is -1.82. The van der Waals surface area contributed by atoms with Gasteiger partial charge in [-0.05, 0) is 18.2 Å². The summed E-state index contributed by atoms with van der Waals surface area (Å²) in [5.41, 5.74) is 0.985. The summed E-state index contributed by atoms with van der Waals surface area (Å²) in [6.45, 7) is 1.70. The summed E-state index contributed by atoms with van der Waals surface area (Å²) >= 11 is 3.48. The Morgan fingerprint density at radius 3 is 2.80 bits per heavy atom. The second kappa shape index (κ2) is 6.09. The first-order valence-corrected chi connectivity index (χ1v) is 6.90. The third-order valence-electron chi connectivity index (χ3n) is 3.00. The number of rotatable bonds is 4. The molecule has 0 saturated carbocycles. The third-order valence-corrected chi connectivity index (χ3v) is 3.69. The maximum absolute atomic E-state index is 11.7. The van der Waals surface area contributed by atoms with Crippen LogP contribution >= 0.6 is 15.9 Å². The van der Waals surface area contributed by atoms with E-state index in [0.717, 1.165) is 15.4 Å². The Morgan fingerprint density at radius 1 is 1.40 bits per heavy atom. The lowest BCUT2D eigenvalue weighted by Crippen LogP contribution is -2.43. The summed E-state index contributed by atoms with van der Waals surface area (Å²) in [5, 5.41) is 3.66. The van der Waals surface area contributed by atoms with Crippen molar-refractivity contribution in [3.8, 4) is 0 Å². The maximum Gasteiger partial charge on any atom is 0.330 e. The topological polar surface area (TPSA) is 60.3 Å². The fourth-order valence-electron chi connectivity index (χ4n) is 2.11. The summed E-state index contributed by atoms with van der Waals surface area (Å²) < 4.78 is 7.62. The SMILES string of the molecule is COC(=O)C(Cn1ccc2c(Br)cccc21)NC(C)=O. The summed E-state index contributed by atoms with van der Waals surface area (Å²) in [5.74, 6) is -0.727. The summed E-state index contributed by atoms with van der Waals surface area (Å²) in [7, 11) is 1.31. The maximum atomic E-state index is 11.7. The molecule has 1 amide bonds. The molecule has 0 bridgehead atoms. The van der Waals surface area contributed by atoms with E-state index in [1.54, 1.807) is 0 Å². The highest BCUT2D eigenvalue weighted by atomic mass is 79.9. The van der Waals surface area contributed by atoms with Crippen molar-refractivity contribution in [1.82, 2.24) is 9.88 Å². The Morgan fingerprint density at radius 2 is 2.15 bits per heavy atom. The molecule has 2 rings (SSSR count). The van der Waals surface area contributed by atoms with Crippen LogP contribution in [0, 0.1) is 0 Å². The molecule has 0 saturated heterocycles. The van der Waals surface area contributed by atoms with Gasteiger partial charge in [0, 0.05) is 28.5 Å². The van der Waals surface area contributed by atoms with E-state index in [1.165, 1.54) is 14.0 Å². The number of amides is 1. The zero-order valence-electron chi connectivity index (χ0n) is 11.2. The minimum absolute atomic E-state index is 0.266. The molecule has 6 heteroatoms. The molecule has 1 heterocycles. The number of benzene rings is 1. The van der Waals surface area contributed by atoms with Crippen LogP contribution in [-0.4, -0.2) is 29.6 Å². The van der Waals surface area contributed by atoms with Gasteiger partial charge >= 0.3 is 5.97 Å². The number of nitrogens with one attached hydrogen (secondary N) is 1. The number of ether oxygens (including phenoxy) is 1. The van der Waals surface area contributed by atoms with Crippen molar-refractivity contribution < 1.29 is 14.3 Å². The van der Waals surface area contributed by atoms with Gasteiger partial charge in [0.1, 0.15) is 6.04 Å². The first kappa shape index (κ1) is 14.6. The number of carbonyl (C=O) groups excluding carboxylic acids is 2. The van der Waals surface area contributed by atoms with Crippen LogP contribution in [0.5, 0.6) is 0 Å². The standard InChI is InChI=1S/C14H15BrN2O3/c1-9(18)16-12(14(19)20-2)8-17-7-6-10-11(15)4-3-5-13(10)17/h3-7,12H,8H2,1-2H3,(H,16,18). The number of esters is 1. The molecular weight excluding hydrogens is 324 g/mol. The third kappa shape index (κ3) is 3.01. The van der Waals surface area contributed by atoms with Crippen molar-refractivity contribution in [3.05, 3.63) is 34.9 Å². The highest BCUT2D eigenvalue weighted by molar-refractivity contribution is 9.10. The summed E-state index contributed by atoms with van der Waals surface area (Å²) in [6.07, 6.45) is 1.88. The normalized spacial score (nSPS) is 12.2. The van der Waals surface area contributed by atoms with E-state index in [9.17, 15) is 9.59 Å². The second-order valence-corrected chi connectivity index (χ2v) is 5.27. The van der Waals surface area contributed by atoms with Gasteiger partial charge in [-0.15, -0.1) is 0 Å². The lowest BCUT2D eigenvalue weighted by Gasteiger charge is -2.17. The molecule has 1 aromatic carbocycles. The molecule has 0 aliphatic heterocycles. The number of hydrogen-bond donors (Lipinski definition) is 1. The lowest BCUT2D eigenvalue weighted by molar-refractivity contribution is -0.145. The van der Waals surface area contributed by atoms with Crippen molar-refractivity contribution in [2.75, 3.05) is 7.11 Å². The number of hydrogen-bond acceptors (Lipinski definition) is 3. The van der Waals surface area contributed by atoms with Crippen LogP contribution in [0.2, 0.25) is 0 Å². The smallest absolute Gasteiger partial charge is 0.330 e. The number of fused-ring (bicyclic) bond motifs is 1. The van der Waals surface area contributed by atoms with E-state index >= 15 is 0 Å². The van der Waals surface area contributed by atoms with Gasteiger partial charge in [0.2, 0.25) is 5.91 Å². The minimum Gasteiger partial charge on any atom is -0.467 e. The van der Waals surface area contributed by atoms with Crippen LogP contribution in [0.1, 0.15) is 6.92 Å². The highest BCUT2D eigenvalue weighted by Gasteiger charge is 2.21. The highest BCUT2D eigenvalue weighted by Crippen LogP contribution is 2.24. The molecule has 1 aromatic heterocycles. The molecule has 0 fully saturated rings. The van der Waals surface area contributed by atoms with Gasteiger partial charge in [-0.3, -0.25) is 4.79 Å². The molecule has 1 N–H and O–H groups in total. The van der Waals surface area contributed by atoms with Crippen LogP contribution in [0.4, 0.5) is 0 Å².